The molecule has 0 aliphatic rings. The molecular formula is C14H29NO. The molecule has 0 aliphatic carbocycles. The minimum atomic E-state index is -0.273. The maximum atomic E-state index is 9.95. The Balaban J connectivity index is -0.000000205. The van der Waals surface area contributed by atoms with Crippen molar-refractivity contribution in [2.75, 3.05) is 0 Å². The van der Waals surface area contributed by atoms with E-state index in [2.05, 4.69) is 20.1 Å². The third-order valence-electron chi connectivity index (χ3n) is 1.61. The Bertz CT molecular complexity index is 144. The molecule has 0 heterocycles. The van der Waals surface area contributed by atoms with Crippen LogP contribution >= 0.6 is 0 Å². The van der Waals surface area contributed by atoms with Crippen LogP contribution in [-0.4, -0.2) is 12.3 Å². The maximum Gasteiger partial charge on any atom is 0.136 e. The lowest BCUT2D eigenvalue weighted by Crippen LogP contribution is -2.20. The Morgan fingerprint density at radius 3 is 1.94 bits per heavy atom. The average molecular weight is 227 g/mol. The van der Waals surface area contributed by atoms with Gasteiger partial charge in [-0.1, -0.05) is 39.3 Å². The first-order valence-corrected chi connectivity index (χ1v) is 6.15. The Morgan fingerprint density at radius 2 is 1.69 bits per heavy atom. The van der Waals surface area contributed by atoms with Crippen LogP contribution in [0.3, 0.4) is 0 Å². The van der Waals surface area contributed by atoms with Gasteiger partial charge in [0.05, 0.1) is 6.04 Å². The minimum absolute atomic E-state index is 0.273. The molecule has 0 saturated carbocycles. The standard InChI is InChI=1S/C7H13NO.C5H10.C2H6/c1-2-3-4-5-7(8)6-9;1-3-5-4-2;1-2/h2,6-7H,1,3-5,8H2;3H,1,4-5H2,2H3;1-2H3. The van der Waals surface area contributed by atoms with Crippen molar-refractivity contribution in [2.45, 2.75) is 58.9 Å². The van der Waals surface area contributed by atoms with Gasteiger partial charge < -0.3 is 10.5 Å². The van der Waals surface area contributed by atoms with Crippen LogP contribution in [-0.2, 0) is 4.79 Å². The van der Waals surface area contributed by atoms with Crippen LogP contribution in [0.5, 0.6) is 0 Å². The number of carbonyl (C=O) groups excluding carboxylic acids is 1. The Labute approximate surface area is 102 Å². The molecule has 0 fully saturated rings. The molecule has 2 N–H and O–H groups in total. The average Bonchev–Trinajstić information content (AvgIpc) is 2.33. The first kappa shape index (κ1) is 20.5. The number of unbranched alkanes of at least 4 members (excludes halogenated alkanes) is 2. The summed E-state index contributed by atoms with van der Waals surface area (Å²) in [6.45, 7) is 13.2. The van der Waals surface area contributed by atoms with E-state index in [1.54, 1.807) is 0 Å². The van der Waals surface area contributed by atoms with Gasteiger partial charge in [-0.2, -0.15) is 0 Å². The van der Waals surface area contributed by atoms with E-state index < -0.39 is 0 Å². The van der Waals surface area contributed by atoms with E-state index in [4.69, 9.17) is 5.73 Å². The highest BCUT2D eigenvalue weighted by atomic mass is 16.1. The smallest absolute Gasteiger partial charge is 0.136 e. The fourth-order valence-electron chi connectivity index (χ4n) is 0.770. The third-order valence-corrected chi connectivity index (χ3v) is 1.61. The van der Waals surface area contributed by atoms with Crippen LogP contribution in [0.4, 0.5) is 0 Å². The first-order chi connectivity index (χ1) is 7.72. The van der Waals surface area contributed by atoms with E-state index in [9.17, 15) is 4.79 Å². The van der Waals surface area contributed by atoms with Crippen LogP contribution in [0, 0.1) is 0 Å². The van der Waals surface area contributed by atoms with E-state index in [1.165, 1.54) is 6.42 Å². The molecule has 2 heteroatoms. The lowest BCUT2D eigenvalue weighted by molar-refractivity contribution is -0.109. The highest BCUT2D eigenvalue weighted by Crippen LogP contribution is 1.96. The number of allylic oxidation sites excluding steroid dienone is 2. The van der Waals surface area contributed by atoms with Gasteiger partial charge in [-0.3, -0.25) is 0 Å². The summed E-state index contributed by atoms with van der Waals surface area (Å²) in [5.41, 5.74) is 5.31. The highest BCUT2D eigenvalue weighted by Gasteiger charge is 1.96. The molecule has 0 bridgehead atoms. The predicted octanol–water partition coefficient (Wildman–Crippen LogP) is 3.87. The molecule has 0 aromatic rings. The van der Waals surface area contributed by atoms with Gasteiger partial charge in [-0.15, -0.1) is 13.2 Å². The number of aldehydes is 1. The van der Waals surface area contributed by atoms with Gasteiger partial charge in [-0.05, 0) is 25.7 Å². The number of rotatable bonds is 7. The van der Waals surface area contributed by atoms with Crippen LogP contribution in [0.1, 0.15) is 52.9 Å². The molecule has 0 rings (SSSR count). The van der Waals surface area contributed by atoms with Gasteiger partial charge in [0.1, 0.15) is 6.29 Å². The summed E-state index contributed by atoms with van der Waals surface area (Å²) in [4.78, 5) is 9.95. The van der Waals surface area contributed by atoms with Crippen molar-refractivity contribution in [2.24, 2.45) is 5.73 Å². The lowest BCUT2D eigenvalue weighted by atomic mass is 10.1. The summed E-state index contributed by atoms with van der Waals surface area (Å²) in [5, 5.41) is 0. The fraction of sp³-hybridized carbons (Fsp3) is 0.643. The van der Waals surface area contributed by atoms with Crippen molar-refractivity contribution >= 4 is 6.29 Å². The van der Waals surface area contributed by atoms with Crippen molar-refractivity contribution < 1.29 is 4.79 Å². The molecule has 1 atom stereocenters. The van der Waals surface area contributed by atoms with E-state index >= 15 is 0 Å². The van der Waals surface area contributed by atoms with E-state index in [1.807, 2.05) is 26.0 Å². The monoisotopic (exact) mass is 227 g/mol. The largest absolute Gasteiger partial charge is 0.322 e. The lowest BCUT2D eigenvalue weighted by Gasteiger charge is -1.98. The summed E-state index contributed by atoms with van der Waals surface area (Å²) in [5.74, 6) is 0. The second-order valence-corrected chi connectivity index (χ2v) is 3.10. The first-order valence-electron chi connectivity index (χ1n) is 6.15. The van der Waals surface area contributed by atoms with E-state index in [0.717, 1.165) is 32.0 Å². The van der Waals surface area contributed by atoms with Crippen LogP contribution < -0.4 is 5.73 Å². The molecule has 0 aliphatic heterocycles. The quantitative estimate of drug-likeness (QED) is 0.407. The second kappa shape index (κ2) is 23.7. The number of nitrogens with two attached hydrogens (primary N) is 1. The van der Waals surface area contributed by atoms with Crippen molar-refractivity contribution in [3.8, 4) is 0 Å². The number of hydrogen-bond donors (Lipinski definition) is 1. The Kier molecular flexibility index (Phi) is 30.4. The normalized spacial score (nSPS) is 9.75. The molecule has 0 radical (unpaired) electrons. The van der Waals surface area contributed by atoms with Crippen LogP contribution in [0.25, 0.3) is 0 Å². The zero-order chi connectivity index (χ0) is 13.2. The molecular weight excluding hydrogens is 198 g/mol. The van der Waals surface area contributed by atoms with Crippen molar-refractivity contribution in [3.63, 3.8) is 0 Å². The highest BCUT2D eigenvalue weighted by molar-refractivity contribution is 5.56. The Morgan fingerprint density at radius 1 is 1.19 bits per heavy atom. The predicted molar refractivity (Wildman–Crippen MR) is 74.5 cm³/mol. The molecule has 16 heavy (non-hydrogen) atoms. The topological polar surface area (TPSA) is 43.1 Å². The molecule has 0 amide bonds. The second-order valence-electron chi connectivity index (χ2n) is 3.10. The van der Waals surface area contributed by atoms with Gasteiger partial charge in [0, 0.05) is 0 Å². The van der Waals surface area contributed by atoms with E-state index in [-0.39, 0.29) is 6.04 Å². The number of carbonyl (C=O) groups is 1. The van der Waals surface area contributed by atoms with Gasteiger partial charge in [-0.25, -0.2) is 0 Å². The van der Waals surface area contributed by atoms with Crippen LogP contribution in [0.2, 0.25) is 0 Å². The summed E-state index contributed by atoms with van der Waals surface area (Å²) >= 11 is 0. The molecule has 0 aromatic carbocycles. The molecule has 0 saturated heterocycles. The molecule has 0 spiro atoms. The fourth-order valence-corrected chi connectivity index (χ4v) is 0.770. The molecule has 0 aromatic heterocycles. The molecule has 2 nitrogen and oxygen atoms in total. The summed E-state index contributed by atoms with van der Waals surface area (Å²) in [6, 6.07) is -0.273. The Hall–Kier alpha value is -0.890. The van der Waals surface area contributed by atoms with Gasteiger partial charge in [0.25, 0.3) is 0 Å². The molecule has 1 unspecified atom stereocenters. The zero-order valence-corrected chi connectivity index (χ0v) is 11.2. The van der Waals surface area contributed by atoms with Crippen molar-refractivity contribution in [3.05, 3.63) is 25.3 Å². The maximum absolute atomic E-state index is 9.95. The SMILES string of the molecule is C=CCCC.C=CCCCC(N)C=O.CC. The zero-order valence-electron chi connectivity index (χ0n) is 11.2. The summed E-state index contributed by atoms with van der Waals surface area (Å²) in [7, 11) is 0. The minimum Gasteiger partial charge on any atom is -0.322 e. The van der Waals surface area contributed by atoms with Crippen LogP contribution in [0.15, 0.2) is 25.3 Å². The van der Waals surface area contributed by atoms with Gasteiger partial charge in [0.15, 0.2) is 0 Å². The summed E-state index contributed by atoms with van der Waals surface area (Å²) < 4.78 is 0. The van der Waals surface area contributed by atoms with Crippen molar-refractivity contribution in [1.29, 1.82) is 0 Å². The van der Waals surface area contributed by atoms with E-state index in [0.29, 0.717) is 0 Å². The molecule has 96 valence electrons. The third kappa shape index (κ3) is 29.2. The summed E-state index contributed by atoms with van der Waals surface area (Å²) in [6.07, 6.45) is 9.60. The van der Waals surface area contributed by atoms with Crippen molar-refractivity contribution in [1.82, 2.24) is 0 Å². The van der Waals surface area contributed by atoms with Gasteiger partial charge >= 0.3 is 0 Å². The van der Waals surface area contributed by atoms with Gasteiger partial charge in [0.2, 0.25) is 0 Å². The number of hydrogen-bond acceptors (Lipinski definition) is 2.